The van der Waals surface area contributed by atoms with Gasteiger partial charge in [0.1, 0.15) is 6.54 Å². The van der Waals surface area contributed by atoms with E-state index in [1.807, 2.05) is 17.0 Å². The number of benzene rings is 1. The van der Waals surface area contributed by atoms with Gasteiger partial charge in [0.05, 0.1) is 0 Å². The molecular weight excluding hydrogens is 374 g/mol. The highest BCUT2D eigenvalue weighted by Crippen LogP contribution is 2.31. The van der Waals surface area contributed by atoms with E-state index in [0.717, 1.165) is 29.5 Å². The highest BCUT2D eigenvalue weighted by atomic mass is 16.4. The molecule has 3 heterocycles. The first-order chi connectivity index (χ1) is 13.9. The first-order valence-electron chi connectivity index (χ1n) is 9.70. The summed E-state index contributed by atoms with van der Waals surface area (Å²) in [5, 5.41) is 9.05. The second-order valence-electron chi connectivity index (χ2n) is 7.28. The van der Waals surface area contributed by atoms with E-state index in [0.29, 0.717) is 19.0 Å². The molecule has 3 aromatic rings. The number of hydrogen-bond acceptors (Lipinski definition) is 5. The average Bonchev–Trinajstić information content (AvgIpc) is 3.27. The molecule has 152 valence electrons. The van der Waals surface area contributed by atoms with Gasteiger partial charge in [0, 0.05) is 25.8 Å². The van der Waals surface area contributed by atoms with Gasteiger partial charge < -0.3 is 14.6 Å². The van der Waals surface area contributed by atoms with Gasteiger partial charge in [-0.2, -0.15) is 4.98 Å². The number of nitrogens with zero attached hydrogens (tertiary/aromatic N) is 5. The molecule has 9 nitrogen and oxygen atoms in total. The van der Waals surface area contributed by atoms with Crippen molar-refractivity contribution in [3.05, 3.63) is 50.7 Å². The first-order valence-corrected chi connectivity index (χ1v) is 9.70. The van der Waals surface area contributed by atoms with Gasteiger partial charge in [-0.3, -0.25) is 14.2 Å². The predicted molar refractivity (Wildman–Crippen MR) is 109 cm³/mol. The quantitative estimate of drug-likeness (QED) is 0.676. The molecule has 0 amide bonds. The van der Waals surface area contributed by atoms with Crippen LogP contribution in [0, 0.1) is 0 Å². The fourth-order valence-electron chi connectivity index (χ4n) is 3.82. The number of unbranched alkanes of at least 4 members (excludes halogenated alkanes) is 1. The third-order valence-corrected chi connectivity index (χ3v) is 5.36. The first kappa shape index (κ1) is 19.0. The van der Waals surface area contributed by atoms with E-state index in [2.05, 4.69) is 24.0 Å². The number of aryl methyl sites for hydroxylation is 2. The minimum atomic E-state index is -1.24. The molecule has 2 aromatic heterocycles. The van der Waals surface area contributed by atoms with Crippen LogP contribution in [0.15, 0.2) is 33.9 Å². The van der Waals surface area contributed by atoms with E-state index in [9.17, 15) is 14.4 Å². The van der Waals surface area contributed by atoms with E-state index in [1.165, 1.54) is 17.2 Å². The number of aliphatic carboxylic acids is 1. The Labute approximate surface area is 166 Å². The van der Waals surface area contributed by atoms with Crippen molar-refractivity contribution >= 4 is 28.8 Å². The summed E-state index contributed by atoms with van der Waals surface area (Å²) >= 11 is 0. The number of hydrogen-bond donors (Lipinski definition) is 1. The van der Waals surface area contributed by atoms with Gasteiger partial charge >= 0.3 is 11.7 Å². The van der Waals surface area contributed by atoms with Gasteiger partial charge in [-0.15, -0.1) is 0 Å². The number of fused-ring (bicyclic) bond motifs is 3. The summed E-state index contributed by atoms with van der Waals surface area (Å²) in [6.07, 6.45) is 3.34. The van der Waals surface area contributed by atoms with E-state index < -0.39 is 23.8 Å². The molecule has 1 aliphatic rings. The largest absolute Gasteiger partial charge is 0.480 e. The maximum Gasteiger partial charge on any atom is 0.333 e. The molecular formula is C20H23N5O4. The predicted octanol–water partition coefficient (Wildman–Crippen LogP) is 1.48. The molecule has 0 spiro atoms. The van der Waals surface area contributed by atoms with Crippen molar-refractivity contribution in [2.75, 3.05) is 11.4 Å². The summed E-state index contributed by atoms with van der Waals surface area (Å²) in [6.45, 7) is 2.67. The minimum absolute atomic E-state index is 0.255. The topological polar surface area (TPSA) is 102 Å². The van der Waals surface area contributed by atoms with Crippen molar-refractivity contribution in [2.45, 2.75) is 39.3 Å². The molecule has 0 bridgehead atoms. The molecule has 0 radical (unpaired) electrons. The third kappa shape index (κ3) is 3.12. The Morgan fingerprint density at radius 1 is 1.17 bits per heavy atom. The van der Waals surface area contributed by atoms with E-state index in [4.69, 9.17) is 5.11 Å². The lowest BCUT2D eigenvalue weighted by atomic mass is 10.1. The SMILES string of the molecule is CCCCc1ccc(N2CCn3c2nc2c3c(=O)n(CC(=O)O)c(=O)n2C)cc1. The van der Waals surface area contributed by atoms with Crippen molar-refractivity contribution in [2.24, 2.45) is 7.05 Å². The summed E-state index contributed by atoms with van der Waals surface area (Å²) in [5.74, 6) is -0.656. The normalized spacial score (nSPS) is 13.2. The Balaban J connectivity index is 1.79. The van der Waals surface area contributed by atoms with Gasteiger partial charge in [0.2, 0.25) is 5.95 Å². The number of carbonyl (C=O) groups is 1. The monoisotopic (exact) mass is 397 g/mol. The van der Waals surface area contributed by atoms with Gasteiger partial charge in [-0.1, -0.05) is 25.5 Å². The van der Waals surface area contributed by atoms with Crippen LogP contribution in [-0.4, -0.2) is 36.3 Å². The van der Waals surface area contributed by atoms with E-state index in [1.54, 1.807) is 4.57 Å². The molecule has 1 N–H and O–H groups in total. The molecule has 0 atom stereocenters. The molecule has 1 aliphatic heterocycles. The zero-order valence-electron chi connectivity index (χ0n) is 16.5. The van der Waals surface area contributed by atoms with Crippen LogP contribution in [-0.2, 0) is 31.4 Å². The van der Waals surface area contributed by atoms with Gasteiger partial charge in [-0.25, -0.2) is 9.36 Å². The van der Waals surface area contributed by atoms with Crippen LogP contribution in [0.3, 0.4) is 0 Å². The molecule has 0 fully saturated rings. The molecule has 0 unspecified atom stereocenters. The zero-order chi connectivity index (χ0) is 20.7. The van der Waals surface area contributed by atoms with Crippen LogP contribution in [0.5, 0.6) is 0 Å². The Bertz CT molecular complexity index is 1200. The summed E-state index contributed by atoms with van der Waals surface area (Å²) < 4.78 is 3.74. The molecule has 9 heteroatoms. The average molecular weight is 397 g/mol. The summed E-state index contributed by atoms with van der Waals surface area (Å²) in [6, 6.07) is 8.29. The van der Waals surface area contributed by atoms with E-state index >= 15 is 0 Å². The van der Waals surface area contributed by atoms with Crippen molar-refractivity contribution in [1.82, 2.24) is 18.7 Å². The van der Waals surface area contributed by atoms with Gasteiger partial charge in [-0.05, 0) is 30.5 Å². The summed E-state index contributed by atoms with van der Waals surface area (Å²) in [7, 11) is 1.50. The van der Waals surface area contributed by atoms with Crippen LogP contribution in [0.4, 0.5) is 11.6 Å². The number of anilines is 2. The van der Waals surface area contributed by atoms with E-state index in [-0.39, 0.29) is 11.2 Å². The maximum absolute atomic E-state index is 12.9. The smallest absolute Gasteiger partial charge is 0.333 e. The fourth-order valence-corrected chi connectivity index (χ4v) is 3.82. The second kappa shape index (κ2) is 7.23. The lowest BCUT2D eigenvalue weighted by Gasteiger charge is -2.16. The van der Waals surface area contributed by atoms with Crippen molar-refractivity contribution in [1.29, 1.82) is 0 Å². The molecule has 0 aliphatic carbocycles. The molecule has 0 saturated carbocycles. The number of aromatic nitrogens is 4. The molecule has 0 saturated heterocycles. The lowest BCUT2D eigenvalue weighted by Crippen LogP contribution is -2.41. The number of rotatable bonds is 6. The number of imidazole rings is 1. The Morgan fingerprint density at radius 3 is 2.55 bits per heavy atom. The third-order valence-electron chi connectivity index (χ3n) is 5.36. The number of carboxylic acid groups (broad SMARTS) is 1. The van der Waals surface area contributed by atoms with Crippen LogP contribution < -0.4 is 16.1 Å². The Hall–Kier alpha value is -3.36. The number of carboxylic acids is 1. The standard InChI is InChI=1S/C20H23N5O4/c1-3-4-5-13-6-8-14(9-7-13)23-10-11-24-16-17(21-19(23)24)22(2)20(29)25(18(16)28)12-15(26)27/h6-9H,3-5,10-12H2,1-2H3,(H,26,27). The highest BCUT2D eigenvalue weighted by Gasteiger charge is 2.29. The van der Waals surface area contributed by atoms with Crippen LogP contribution in [0.2, 0.25) is 0 Å². The van der Waals surface area contributed by atoms with Gasteiger partial charge in [0.15, 0.2) is 11.2 Å². The maximum atomic E-state index is 12.9. The van der Waals surface area contributed by atoms with Crippen molar-refractivity contribution in [3.8, 4) is 0 Å². The van der Waals surface area contributed by atoms with Crippen molar-refractivity contribution in [3.63, 3.8) is 0 Å². The summed E-state index contributed by atoms with van der Waals surface area (Å²) in [4.78, 5) is 42.9. The fraction of sp³-hybridized carbons (Fsp3) is 0.400. The summed E-state index contributed by atoms with van der Waals surface area (Å²) in [5.41, 5.74) is 1.46. The molecule has 29 heavy (non-hydrogen) atoms. The molecule has 1 aromatic carbocycles. The highest BCUT2D eigenvalue weighted by molar-refractivity contribution is 5.78. The van der Waals surface area contributed by atoms with Crippen LogP contribution in [0.1, 0.15) is 25.3 Å². The second-order valence-corrected chi connectivity index (χ2v) is 7.28. The van der Waals surface area contributed by atoms with Gasteiger partial charge in [0.25, 0.3) is 5.56 Å². The van der Waals surface area contributed by atoms with Crippen LogP contribution in [0.25, 0.3) is 11.2 Å². The minimum Gasteiger partial charge on any atom is -0.480 e. The Morgan fingerprint density at radius 2 is 1.90 bits per heavy atom. The lowest BCUT2D eigenvalue weighted by molar-refractivity contribution is -0.137. The van der Waals surface area contributed by atoms with Crippen LogP contribution >= 0.6 is 0 Å². The molecule has 4 rings (SSSR count). The zero-order valence-corrected chi connectivity index (χ0v) is 16.5. The van der Waals surface area contributed by atoms with Crippen molar-refractivity contribution < 1.29 is 9.90 Å². The Kier molecular flexibility index (Phi) is 4.73.